The van der Waals surface area contributed by atoms with E-state index in [0.717, 1.165) is 67.1 Å². The number of hydrogen-bond donors (Lipinski definition) is 2. The predicted molar refractivity (Wildman–Crippen MR) is 120 cm³/mol. The molecule has 9 heteroatoms. The predicted octanol–water partition coefficient (Wildman–Crippen LogP) is 3.38. The quantitative estimate of drug-likeness (QED) is 0.403. The Morgan fingerprint density at radius 1 is 1.23 bits per heavy atom. The zero-order valence-corrected chi connectivity index (χ0v) is 18.5. The van der Waals surface area contributed by atoms with Crippen LogP contribution in [0.25, 0.3) is 10.2 Å². The minimum absolute atomic E-state index is 0.0122. The van der Waals surface area contributed by atoms with Crippen molar-refractivity contribution in [3.05, 3.63) is 33.4 Å². The Balaban J connectivity index is 1.49. The Hall–Kier alpha value is -2.13. The fourth-order valence-electron chi connectivity index (χ4n) is 4.20. The van der Waals surface area contributed by atoms with Crippen LogP contribution in [-0.2, 0) is 24.2 Å². The van der Waals surface area contributed by atoms with Gasteiger partial charge in [-0.3, -0.25) is 19.5 Å². The minimum Gasteiger partial charge on any atom is -0.335 e. The molecule has 3 amide bonds. The number of imide groups is 1. The first kappa shape index (κ1) is 21.1. The maximum atomic E-state index is 13.2. The van der Waals surface area contributed by atoms with Gasteiger partial charge in [-0.15, -0.1) is 17.9 Å². The van der Waals surface area contributed by atoms with Crippen LogP contribution in [0.2, 0.25) is 0 Å². The molecule has 0 unspecified atom stereocenters. The molecule has 2 aliphatic rings. The molecule has 0 atom stereocenters. The van der Waals surface area contributed by atoms with E-state index in [0.29, 0.717) is 11.7 Å². The fraction of sp³-hybridized carbons (Fsp3) is 0.524. The van der Waals surface area contributed by atoms with Crippen molar-refractivity contribution >= 4 is 45.3 Å². The van der Waals surface area contributed by atoms with Gasteiger partial charge in [0.2, 0.25) is 5.91 Å². The van der Waals surface area contributed by atoms with Crippen LogP contribution in [0.5, 0.6) is 0 Å². The molecule has 2 heterocycles. The van der Waals surface area contributed by atoms with E-state index in [4.69, 9.17) is 4.98 Å². The largest absolute Gasteiger partial charge is 0.335 e. The summed E-state index contributed by atoms with van der Waals surface area (Å²) in [6.07, 6.45) is 9.95. The summed E-state index contributed by atoms with van der Waals surface area (Å²) in [7, 11) is 0. The van der Waals surface area contributed by atoms with Gasteiger partial charge in [-0.25, -0.2) is 9.78 Å². The highest BCUT2D eigenvalue weighted by Crippen LogP contribution is 2.34. The Bertz CT molecular complexity index is 1040. The van der Waals surface area contributed by atoms with Crippen LogP contribution in [-0.4, -0.2) is 33.3 Å². The highest BCUT2D eigenvalue weighted by atomic mass is 32.2. The van der Waals surface area contributed by atoms with Gasteiger partial charge >= 0.3 is 6.03 Å². The highest BCUT2D eigenvalue weighted by molar-refractivity contribution is 7.99. The standard InChI is InChI=1S/C21H26N4O3S2/c1-2-11-25-19(27)17-14-9-5-6-10-15(14)30-18(17)24-21(25)29-12-16(26)23-20(28)22-13-7-3-4-8-13/h2,13H,1,3-12H2,(H2,22,23,26,28). The summed E-state index contributed by atoms with van der Waals surface area (Å²) in [5.41, 5.74) is 1.08. The summed E-state index contributed by atoms with van der Waals surface area (Å²) in [4.78, 5) is 44.2. The number of rotatable bonds is 6. The molecule has 2 aromatic rings. The Labute approximate surface area is 183 Å². The van der Waals surface area contributed by atoms with Crippen molar-refractivity contribution in [1.82, 2.24) is 20.2 Å². The third-order valence-electron chi connectivity index (χ3n) is 5.63. The second kappa shape index (κ2) is 9.34. The lowest BCUT2D eigenvalue weighted by Gasteiger charge is -2.13. The van der Waals surface area contributed by atoms with Gasteiger partial charge in [0.15, 0.2) is 5.16 Å². The number of amides is 3. The first-order chi connectivity index (χ1) is 14.6. The van der Waals surface area contributed by atoms with Crippen LogP contribution in [0.4, 0.5) is 4.79 Å². The average Bonchev–Trinajstić information content (AvgIpc) is 3.36. The molecule has 1 saturated carbocycles. The van der Waals surface area contributed by atoms with Crippen molar-refractivity contribution in [1.29, 1.82) is 0 Å². The normalized spacial score (nSPS) is 16.4. The van der Waals surface area contributed by atoms with Gasteiger partial charge in [0, 0.05) is 17.5 Å². The van der Waals surface area contributed by atoms with Crippen molar-refractivity contribution in [3.8, 4) is 0 Å². The van der Waals surface area contributed by atoms with Crippen LogP contribution in [0.1, 0.15) is 49.0 Å². The molecule has 0 bridgehead atoms. The molecule has 0 spiro atoms. The number of allylic oxidation sites excluding steroid dienone is 1. The number of urea groups is 1. The molecule has 7 nitrogen and oxygen atoms in total. The maximum Gasteiger partial charge on any atom is 0.321 e. The first-order valence-corrected chi connectivity index (χ1v) is 12.3. The lowest BCUT2D eigenvalue weighted by molar-refractivity contribution is -0.117. The molecule has 4 rings (SSSR count). The summed E-state index contributed by atoms with van der Waals surface area (Å²) in [6.45, 7) is 4.08. The zero-order valence-electron chi connectivity index (χ0n) is 16.9. The number of carbonyl (C=O) groups excluding carboxylic acids is 2. The van der Waals surface area contributed by atoms with Gasteiger partial charge in [-0.05, 0) is 44.1 Å². The molecular weight excluding hydrogens is 420 g/mol. The monoisotopic (exact) mass is 446 g/mol. The number of thiophene rings is 1. The van der Waals surface area contributed by atoms with Crippen LogP contribution in [0.3, 0.4) is 0 Å². The summed E-state index contributed by atoms with van der Waals surface area (Å²) in [6, 6.07) is -0.303. The van der Waals surface area contributed by atoms with Crippen molar-refractivity contribution < 1.29 is 9.59 Å². The number of aryl methyl sites for hydroxylation is 2. The number of aromatic nitrogens is 2. The molecule has 2 aromatic heterocycles. The summed E-state index contributed by atoms with van der Waals surface area (Å²) >= 11 is 2.76. The number of hydrogen-bond acceptors (Lipinski definition) is 6. The van der Waals surface area contributed by atoms with Crippen molar-refractivity contribution in [2.75, 3.05) is 5.75 Å². The van der Waals surface area contributed by atoms with Gasteiger partial charge in [-0.2, -0.15) is 0 Å². The van der Waals surface area contributed by atoms with Crippen LogP contribution < -0.4 is 16.2 Å². The number of thioether (sulfide) groups is 1. The van der Waals surface area contributed by atoms with E-state index >= 15 is 0 Å². The van der Waals surface area contributed by atoms with Gasteiger partial charge in [-0.1, -0.05) is 30.7 Å². The van der Waals surface area contributed by atoms with E-state index < -0.39 is 11.9 Å². The molecule has 2 N–H and O–H groups in total. The van der Waals surface area contributed by atoms with Gasteiger partial charge < -0.3 is 5.32 Å². The van der Waals surface area contributed by atoms with Crippen molar-refractivity contribution in [2.24, 2.45) is 0 Å². The molecule has 0 saturated heterocycles. The summed E-state index contributed by atoms with van der Waals surface area (Å²) < 4.78 is 1.58. The van der Waals surface area contributed by atoms with Gasteiger partial charge in [0.25, 0.3) is 5.56 Å². The van der Waals surface area contributed by atoms with E-state index in [2.05, 4.69) is 17.2 Å². The molecule has 2 aliphatic carbocycles. The lowest BCUT2D eigenvalue weighted by atomic mass is 9.97. The molecule has 160 valence electrons. The number of fused-ring (bicyclic) bond motifs is 3. The van der Waals surface area contributed by atoms with E-state index in [1.165, 1.54) is 16.6 Å². The molecule has 0 aromatic carbocycles. The smallest absolute Gasteiger partial charge is 0.321 e. The van der Waals surface area contributed by atoms with Crippen LogP contribution >= 0.6 is 23.1 Å². The Morgan fingerprint density at radius 2 is 2.00 bits per heavy atom. The first-order valence-electron chi connectivity index (χ1n) is 10.5. The number of nitrogens with zero attached hydrogens (tertiary/aromatic N) is 2. The number of nitrogens with one attached hydrogen (secondary N) is 2. The van der Waals surface area contributed by atoms with E-state index in [1.807, 2.05) is 0 Å². The molecule has 0 aliphatic heterocycles. The van der Waals surface area contributed by atoms with Gasteiger partial charge in [0.05, 0.1) is 11.1 Å². The van der Waals surface area contributed by atoms with Crippen LogP contribution in [0, 0.1) is 0 Å². The Morgan fingerprint density at radius 3 is 2.77 bits per heavy atom. The second-order valence-electron chi connectivity index (χ2n) is 7.78. The second-order valence-corrected chi connectivity index (χ2v) is 9.81. The fourth-order valence-corrected chi connectivity index (χ4v) is 6.32. The molecule has 0 radical (unpaired) electrons. The highest BCUT2D eigenvalue weighted by Gasteiger charge is 2.23. The van der Waals surface area contributed by atoms with Gasteiger partial charge in [0.1, 0.15) is 4.83 Å². The maximum absolute atomic E-state index is 13.2. The Kier molecular flexibility index (Phi) is 6.58. The lowest BCUT2D eigenvalue weighted by Crippen LogP contribution is -2.44. The minimum atomic E-state index is -0.453. The summed E-state index contributed by atoms with van der Waals surface area (Å²) in [5, 5.41) is 6.42. The third kappa shape index (κ3) is 4.46. The topological polar surface area (TPSA) is 93.1 Å². The molecule has 1 fully saturated rings. The third-order valence-corrected chi connectivity index (χ3v) is 7.79. The van der Waals surface area contributed by atoms with E-state index in [9.17, 15) is 14.4 Å². The van der Waals surface area contributed by atoms with Crippen molar-refractivity contribution in [2.45, 2.75) is 69.1 Å². The average molecular weight is 447 g/mol. The van der Waals surface area contributed by atoms with E-state index in [-0.39, 0.29) is 17.4 Å². The molecule has 30 heavy (non-hydrogen) atoms. The molecular formula is C21H26N4O3S2. The van der Waals surface area contributed by atoms with Crippen LogP contribution in [0.15, 0.2) is 22.6 Å². The van der Waals surface area contributed by atoms with Crippen molar-refractivity contribution in [3.63, 3.8) is 0 Å². The summed E-state index contributed by atoms with van der Waals surface area (Å²) in [5.74, 6) is -0.390. The number of carbonyl (C=O) groups is 2. The SMILES string of the molecule is C=CCn1c(SCC(=O)NC(=O)NC2CCCC2)nc2sc3c(c2c1=O)CCCC3. The zero-order chi connectivity index (χ0) is 21.1. The van der Waals surface area contributed by atoms with E-state index in [1.54, 1.807) is 22.0 Å².